The molecule has 0 saturated heterocycles. The van der Waals surface area contributed by atoms with Gasteiger partial charge in [0.1, 0.15) is 5.75 Å². The summed E-state index contributed by atoms with van der Waals surface area (Å²) in [4.78, 5) is 1.31. The van der Waals surface area contributed by atoms with Crippen LogP contribution in [0.3, 0.4) is 0 Å². The van der Waals surface area contributed by atoms with E-state index >= 15 is 0 Å². The summed E-state index contributed by atoms with van der Waals surface area (Å²) in [7, 11) is 0. The molecule has 0 fully saturated rings. The molecule has 2 aromatic carbocycles. The van der Waals surface area contributed by atoms with Gasteiger partial charge in [-0.1, -0.05) is 30.3 Å². The fraction of sp³-hybridized carbons (Fsp3) is 0.250. The van der Waals surface area contributed by atoms with Gasteiger partial charge in [-0.05, 0) is 31.2 Å². The highest BCUT2D eigenvalue weighted by atomic mass is 32.2. The number of benzene rings is 2. The summed E-state index contributed by atoms with van der Waals surface area (Å²) in [5.41, 5.74) is 1.07. The Labute approximate surface area is 119 Å². The van der Waals surface area contributed by atoms with E-state index in [2.05, 4.69) is 35.6 Å². The Morgan fingerprint density at radius 1 is 1.00 bits per heavy atom. The van der Waals surface area contributed by atoms with Crippen molar-refractivity contribution in [3.63, 3.8) is 0 Å². The molecule has 2 aromatic rings. The Morgan fingerprint density at radius 2 is 1.74 bits per heavy atom. The van der Waals surface area contributed by atoms with Crippen LogP contribution in [0.25, 0.3) is 0 Å². The molecule has 0 aliphatic rings. The molecule has 0 atom stereocenters. The molecule has 19 heavy (non-hydrogen) atoms. The number of hydrogen-bond donors (Lipinski definition) is 1. The van der Waals surface area contributed by atoms with Gasteiger partial charge in [-0.15, -0.1) is 11.8 Å². The molecule has 0 aromatic heterocycles. The zero-order valence-corrected chi connectivity index (χ0v) is 12.0. The topological polar surface area (TPSA) is 21.3 Å². The second-order valence-corrected chi connectivity index (χ2v) is 5.19. The van der Waals surface area contributed by atoms with Crippen LogP contribution in [0.5, 0.6) is 5.75 Å². The van der Waals surface area contributed by atoms with E-state index in [0.29, 0.717) is 6.61 Å². The van der Waals surface area contributed by atoms with E-state index in [1.165, 1.54) is 4.90 Å². The van der Waals surface area contributed by atoms with Gasteiger partial charge in [0.15, 0.2) is 0 Å². The molecule has 2 rings (SSSR count). The van der Waals surface area contributed by atoms with Crippen molar-refractivity contribution in [1.82, 2.24) is 0 Å². The molecule has 0 heterocycles. The summed E-state index contributed by atoms with van der Waals surface area (Å²) in [6.07, 6.45) is 0. The molecular weight excluding hydrogens is 254 g/mol. The van der Waals surface area contributed by atoms with Gasteiger partial charge in [-0.3, -0.25) is 0 Å². The van der Waals surface area contributed by atoms with Crippen LogP contribution in [-0.2, 0) is 0 Å². The van der Waals surface area contributed by atoms with Crippen LogP contribution < -0.4 is 10.1 Å². The van der Waals surface area contributed by atoms with Crippen molar-refractivity contribution in [2.75, 3.05) is 24.2 Å². The Hall–Kier alpha value is -1.61. The summed E-state index contributed by atoms with van der Waals surface area (Å²) in [6, 6.07) is 18.5. The second-order valence-electron chi connectivity index (χ2n) is 4.02. The zero-order valence-electron chi connectivity index (χ0n) is 11.1. The third-order valence-electron chi connectivity index (χ3n) is 2.62. The third kappa shape index (κ3) is 4.52. The van der Waals surface area contributed by atoms with Crippen molar-refractivity contribution in [2.24, 2.45) is 0 Å². The first-order valence-corrected chi connectivity index (χ1v) is 7.52. The predicted octanol–water partition coefficient (Wildman–Crippen LogP) is 4.29. The van der Waals surface area contributed by atoms with Gasteiger partial charge in [-0.2, -0.15) is 0 Å². The monoisotopic (exact) mass is 273 g/mol. The Morgan fingerprint density at radius 3 is 2.53 bits per heavy atom. The molecule has 0 bridgehead atoms. The van der Waals surface area contributed by atoms with Gasteiger partial charge in [0, 0.05) is 17.2 Å². The highest BCUT2D eigenvalue weighted by Gasteiger charge is 2.01. The number of rotatable bonds is 7. The molecule has 0 spiro atoms. The molecule has 0 radical (unpaired) electrons. The lowest BCUT2D eigenvalue weighted by Gasteiger charge is -2.11. The average Bonchev–Trinajstić information content (AvgIpc) is 2.47. The molecule has 0 aliphatic heterocycles. The van der Waals surface area contributed by atoms with Crippen molar-refractivity contribution in [3.8, 4) is 5.75 Å². The van der Waals surface area contributed by atoms with Gasteiger partial charge in [-0.25, -0.2) is 0 Å². The minimum Gasteiger partial charge on any atom is -0.492 e. The average molecular weight is 273 g/mol. The molecule has 0 aliphatic carbocycles. The van der Waals surface area contributed by atoms with Crippen molar-refractivity contribution >= 4 is 17.4 Å². The lowest BCUT2D eigenvalue weighted by molar-refractivity contribution is 0.342. The molecule has 3 heteroatoms. The van der Waals surface area contributed by atoms with E-state index < -0.39 is 0 Å². The molecule has 0 saturated carbocycles. The quantitative estimate of drug-likeness (QED) is 0.600. The molecule has 2 nitrogen and oxygen atoms in total. The van der Waals surface area contributed by atoms with Crippen LogP contribution >= 0.6 is 11.8 Å². The maximum absolute atomic E-state index is 5.58. The predicted molar refractivity (Wildman–Crippen MR) is 83.3 cm³/mol. The summed E-state index contributed by atoms with van der Waals surface area (Å²) >= 11 is 1.86. The molecule has 100 valence electrons. The highest BCUT2D eigenvalue weighted by Crippen LogP contribution is 2.24. The van der Waals surface area contributed by atoms with E-state index in [1.54, 1.807) is 0 Å². The van der Waals surface area contributed by atoms with Crippen LogP contribution in [-0.4, -0.2) is 18.9 Å². The van der Waals surface area contributed by atoms with E-state index in [9.17, 15) is 0 Å². The number of para-hydroxylation sites is 2. The minimum absolute atomic E-state index is 0.692. The fourth-order valence-electron chi connectivity index (χ4n) is 1.77. The van der Waals surface area contributed by atoms with E-state index in [0.717, 1.165) is 23.7 Å². The fourth-order valence-corrected chi connectivity index (χ4v) is 2.55. The van der Waals surface area contributed by atoms with Crippen molar-refractivity contribution in [3.05, 3.63) is 54.6 Å². The first-order valence-electron chi connectivity index (χ1n) is 6.53. The van der Waals surface area contributed by atoms with Gasteiger partial charge in [0.05, 0.1) is 12.3 Å². The standard InChI is InChI=1S/C16H19NOS/c1-2-18-16-11-7-6-10-15(16)17-12-13-19-14-8-4-3-5-9-14/h3-11,17H,2,12-13H2,1H3. The van der Waals surface area contributed by atoms with Crippen LogP contribution in [0.4, 0.5) is 5.69 Å². The molecule has 1 N–H and O–H groups in total. The number of ether oxygens (including phenoxy) is 1. The van der Waals surface area contributed by atoms with Crippen molar-refractivity contribution < 1.29 is 4.74 Å². The maximum atomic E-state index is 5.58. The number of thioether (sulfide) groups is 1. The van der Waals surface area contributed by atoms with Crippen molar-refractivity contribution in [2.45, 2.75) is 11.8 Å². The maximum Gasteiger partial charge on any atom is 0.142 e. The smallest absolute Gasteiger partial charge is 0.142 e. The van der Waals surface area contributed by atoms with Crippen LogP contribution in [0.15, 0.2) is 59.5 Å². The van der Waals surface area contributed by atoms with Crippen LogP contribution in [0, 0.1) is 0 Å². The van der Waals surface area contributed by atoms with Crippen LogP contribution in [0.1, 0.15) is 6.92 Å². The molecule has 0 amide bonds. The molecular formula is C16H19NOS. The number of hydrogen-bond acceptors (Lipinski definition) is 3. The van der Waals surface area contributed by atoms with Gasteiger partial charge in [0.25, 0.3) is 0 Å². The van der Waals surface area contributed by atoms with Crippen LogP contribution in [0.2, 0.25) is 0 Å². The molecule has 0 unspecified atom stereocenters. The summed E-state index contributed by atoms with van der Waals surface area (Å²) < 4.78 is 5.58. The summed E-state index contributed by atoms with van der Waals surface area (Å²) in [5.74, 6) is 1.96. The van der Waals surface area contributed by atoms with E-state index in [-0.39, 0.29) is 0 Å². The second kappa shape index (κ2) is 7.74. The lowest BCUT2D eigenvalue weighted by atomic mass is 10.3. The van der Waals surface area contributed by atoms with Crippen molar-refractivity contribution in [1.29, 1.82) is 0 Å². The Balaban J connectivity index is 1.79. The lowest BCUT2D eigenvalue weighted by Crippen LogP contribution is -2.06. The Bertz CT molecular complexity index is 487. The van der Waals surface area contributed by atoms with E-state index in [4.69, 9.17) is 4.74 Å². The first-order chi connectivity index (χ1) is 9.40. The largest absolute Gasteiger partial charge is 0.492 e. The number of nitrogens with one attached hydrogen (secondary N) is 1. The summed E-state index contributed by atoms with van der Waals surface area (Å²) in [5, 5.41) is 3.42. The third-order valence-corrected chi connectivity index (χ3v) is 3.63. The minimum atomic E-state index is 0.692. The van der Waals surface area contributed by atoms with E-state index in [1.807, 2.05) is 43.0 Å². The van der Waals surface area contributed by atoms with Gasteiger partial charge in [0.2, 0.25) is 0 Å². The SMILES string of the molecule is CCOc1ccccc1NCCSc1ccccc1. The van der Waals surface area contributed by atoms with Gasteiger partial charge >= 0.3 is 0 Å². The van der Waals surface area contributed by atoms with Gasteiger partial charge < -0.3 is 10.1 Å². The zero-order chi connectivity index (χ0) is 13.3. The first kappa shape index (κ1) is 13.8. The normalized spacial score (nSPS) is 10.2. The highest BCUT2D eigenvalue weighted by molar-refractivity contribution is 7.99. The summed E-state index contributed by atoms with van der Waals surface area (Å²) in [6.45, 7) is 3.61. The Kier molecular flexibility index (Phi) is 5.63. The number of anilines is 1.